The molecule has 5 rings (SSSR count). The van der Waals surface area contributed by atoms with E-state index in [0.29, 0.717) is 25.4 Å². The molecule has 4 heterocycles. The first-order valence-electron chi connectivity index (χ1n) is 9.85. The molecule has 2 atom stereocenters. The Morgan fingerprint density at radius 3 is 2.62 bits per heavy atom. The number of benzene rings is 1. The van der Waals surface area contributed by atoms with Crippen LogP contribution >= 0.6 is 11.8 Å². The number of hydrogen-bond donors (Lipinski definition) is 0. The molecule has 2 aliphatic rings. The van der Waals surface area contributed by atoms with E-state index in [1.54, 1.807) is 30.0 Å². The summed E-state index contributed by atoms with van der Waals surface area (Å²) in [5.74, 6) is 0.739. The minimum atomic E-state index is -0.0673. The third-order valence-electron chi connectivity index (χ3n) is 6.01. The van der Waals surface area contributed by atoms with E-state index < -0.39 is 0 Å². The zero-order valence-corrected chi connectivity index (χ0v) is 17.0. The molecule has 0 aliphatic carbocycles. The quantitative estimate of drug-likeness (QED) is 0.615. The lowest BCUT2D eigenvalue weighted by atomic mass is 9.80. The highest BCUT2D eigenvalue weighted by Gasteiger charge is 2.38. The van der Waals surface area contributed by atoms with Gasteiger partial charge in [-0.3, -0.25) is 9.59 Å². The largest absolute Gasteiger partial charge is 0.459 e. The normalized spacial score (nSPS) is 20.4. The lowest BCUT2D eigenvalue weighted by Crippen LogP contribution is -2.49. The van der Waals surface area contributed by atoms with Crippen LogP contribution < -0.4 is 5.56 Å². The van der Waals surface area contributed by atoms with Gasteiger partial charge in [-0.1, -0.05) is 12.1 Å². The Morgan fingerprint density at radius 2 is 1.90 bits per heavy atom. The van der Waals surface area contributed by atoms with Gasteiger partial charge in [-0.2, -0.15) is 0 Å². The Kier molecular flexibility index (Phi) is 4.59. The molecule has 2 aromatic heterocycles. The first kappa shape index (κ1) is 18.3. The van der Waals surface area contributed by atoms with Crippen molar-refractivity contribution >= 4 is 17.7 Å². The highest BCUT2D eigenvalue weighted by molar-refractivity contribution is 7.98. The minimum absolute atomic E-state index is 0.0463. The summed E-state index contributed by atoms with van der Waals surface area (Å²) in [6.45, 7) is 1.92. The molecule has 0 spiro atoms. The van der Waals surface area contributed by atoms with Crippen LogP contribution in [0.2, 0.25) is 0 Å². The number of hydrogen-bond acceptors (Lipinski definition) is 4. The molecule has 1 fully saturated rings. The number of amides is 1. The fraction of sp³-hybridized carbons (Fsp3) is 0.304. The molecule has 1 saturated heterocycles. The van der Waals surface area contributed by atoms with Crippen LogP contribution in [0.25, 0.3) is 11.1 Å². The van der Waals surface area contributed by atoms with Gasteiger partial charge in [0.25, 0.3) is 11.5 Å². The molecule has 2 aliphatic heterocycles. The Hall–Kier alpha value is -2.73. The maximum Gasteiger partial charge on any atom is 0.289 e. The van der Waals surface area contributed by atoms with E-state index in [1.807, 2.05) is 15.5 Å². The van der Waals surface area contributed by atoms with Gasteiger partial charge < -0.3 is 13.9 Å². The van der Waals surface area contributed by atoms with Crippen LogP contribution in [-0.2, 0) is 6.54 Å². The molecule has 1 amide bonds. The van der Waals surface area contributed by atoms with E-state index in [0.717, 1.165) is 23.2 Å². The van der Waals surface area contributed by atoms with Gasteiger partial charge >= 0.3 is 0 Å². The van der Waals surface area contributed by atoms with E-state index in [2.05, 4.69) is 30.5 Å². The lowest BCUT2D eigenvalue weighted by molar-refractivity contribution is 0.0564. The second-order valence-electron chi connectivity index (χ2n) is 7.80. The standard InChI is InChI=1S/C23H22N2O3S/c1-29-18-6-4-16(5-7-18)19-8-9-21(26)25-13-15-11-17(22(19)25)14-24(12-15)23(27)20-3-2-10-28-20/h2-10,15,17H,11-14H2,1H3/t15-,17+/m0/s1. The number of nitrogens with zero attached hydrogens (tertiary/aromatic N) is 2. The van der Waals surface area contributed by atoms with Crippen molar-refractivity contribution in [1.82, 2.24) is 9.47 Å². The van der Waals surface area contributed by atoms with Crippen molar-refractivity contribution in [2.24, 2.45) is 5.92 Å². The predicted octanol–water partition coefficient (Wildman–Crippen LogP) is 4.09. The van der Waals surface area contributed by atoms with Crippen molar-refractivity contribution in [3.8, 4) is 11.1 Å². The molecule has 29 heavy (non-hydrogen) atoms. The Bertz CT molecular complexity index is 1100. The van der Waals surface area contributed by atoms with E-state index >= 15 is 0 Å². The van der Waals surface area contributed by atoms with Crippen LogP contribution in [0.4, 0.5) is 0 Å². The zero-order chi connectivity index (χ0) is 20.0. The number of likely N-dealkylation sites (tertiary alicyclic amines) is 1. The number of pyridine rings is 1. The number of thioether (sulfide) groups is 1. The third kappa shape index (κ3) is 3.21. The van der Waals surface area contributed by atoms with Crippen LogP contribution in [0.15, 0.2) is 68.9 Å². The molecule has 6 heteroatoms. The van der Waals surface area contributed by atoms with Crippen LogP contribution in [-0.4, -0.2) is 34.7 Å². The predicted molar refractivity (Wildman–Crippen MR) is 113 cm³/mol. The van der Waals surface area contributed by atoms with E-state index in [4.69, 9.17) is 4.42 Å². The molecule has 0 N–H and O–H groups in total. The number of rotatable bonds is 3. The highest BCUT2D eigenvalue weighted by Crippen LogP contribution is 2.40. The van der Waals surface area contributed by atoms with Gasteiger partial charge in [-0.15, -0.1) is 11.8 Å². The van der Waals surface area contributed by atoms with Crippen molar-refractivity contribution in [2.75, 3.05) is 19.3 Å². The average molecular weight is 407 g/mol. The van der Waals surface area contributed by atoms with Gasteiger partial charge in [-0.05, 0) is 54.5 Å². The smallest absolute Gasteiger partial charge is 0.289 e. The fourth-order valence-corrected chi connectivity index (χ4v) is 5.16. The first-order valence-corrected chi connectivity index (χ1v) is 11.1. The van der Waals surface area contributed by atoms with Crippen molar-refractivity contribution < 1.29 is 9.21 Å². The van der Waals surface area contributed by atoms with Gasteiger partial charge in [0.1, 0.15) is 0 Å². The molecule has 5 nitrogen and oxygen atoms in total. The van der Waals surface area contributed by atoms with Crippen molar-refractivity contribution in [3.63, 3.8) is 0 Å². The molecule has 3 aromatic rings. The molecule has 0 saturated carbocycles. The summed E-state index contributed by atoms with van der Waals surface area (Å²) in [5.41, 5.74) is 3.31. The maximum absolute atomic E-state index is 12.9. The number of piperidine rings is 1. The van der Waals surface area contributed by atoms with Gasteiger partial charge in [0.2, 0.25) is 0 Å². The molecular weight excluding hydrogens is 384 g/mol. The summed E-state index contributed by atoms with van der Waals surface area (Å²) in [7, 11) is 0. The number of furan rings is 1. The topological polar surface area (TPSA) is 55.5 Å². The van der Waals surface area contributed by atoms with Gasteiger partial charge in [0.05, 0.1) is 6.26 Å². The number of fused-ring (bicyclic) bond motifs is 4. The number of aromatic nitrogens is 1. The number of carbonyl (C=O) groups excluding carboxylic acids is 1. The van der Waals surface area contributed by atoms with Gasteiger partial charge in [0, 0.05) is 47.8 Å². The van der Waals surface area contributed by atoms with Crippen LogP contribution in [0.1, 0.15) is 28.6 Å². The summed E-state index contributed by atoms with van der Waals surface area (Å²) < 4.78 is 7.26. The Labute approximate surface area is 173 Å². The van der Waals surface area contributed by atoms with Crippen molar-refractivity contribution in [1.29, 1.82) is 0 Å². The Balaban J connectivity index is 1.54. The molecular formula is C23H22N2O3S. The average Bonchev–Trinajstić information content (AvgIpc) is 3.29. The van der Waals surface area contributed by atoms with Crippen LogP contribution in [0.3, 0.4) is 0 Å². The van der Waals surface area contributed by atoms with Crippen molar-refractivity contribution in [2.45, 2.75) is 23.8 Å². The van der Waals surface area contributed by atoms with Crippen LogP contribution in [0, 0.1) is 5.92 Å². The van der Waals surface area contributed by atoms with Gasteiger partial charge in [0.15, 0.2) is 5.76 Å². The SMILES string of the molecule is CSc1ccc(-c2ccc(=O)n3c2[C@@H]2C[C@@H](CN(C(=O)c4ccco4)C2)C3)cc1. The van der Waals surface area contributed by atoms with Gasteiger partial charge in [-0.25, -0.2) is 0 Å². The van der Waals surface area contributed by atoms with Crippen molar-refractivity contribution in [3.05, 3.63) is 76.6 Å². The fourth-order valence-electron chi connectivity index (χ4n) is 4.75. The molecule has 2 bridgehead atoms. The van der Waals surface area contributed by atoms with E-state index in [1.165, 1.54) is 11.2 Å². The first-order chi connectivity index (χ1) is 14.1. The van der Waals surface area contributed by atoms with Crippen LogP contribution in [0.5, 0.6) is 0 Å². The third-order valence-corrected chi connectivity index (χ3v) is 6.75. The number of carbonyl (C=O) groups is 1. The molecule has 0 radical (unpaired) electrons. The second kappa shape index (κ2) is 7.26. The monoisotopic (exact) mass is 406 g/mol. The summed E-state index contributed by atoms with van der Waals surface area (Å²) >= 11 is 1.71. The highest BCUT2D eigenvalue weighted by atomic mass is 32.2. The minimum Gasteiger partial charge on any atom is -0.459 e. The maximum atomic E-state index is 12.9. The molecule has 148 valence electrons. The zero-order valence-electron chi connectivity index (χ0n) is 16.2. The summed E-state index contributed by atoms with van der Waals surface area (Å²) in [5, 5.41) is 0. The molecule has 1 aromatic carbocycles. The summed E-state index contributed by atoms with van der Waals surface area (Å²) in [6.07, 6.45) is 4.59. The van der Waals surface area contributed by atoms with E-state index in [-0.39, 0.29) is 23.3 Å². The Morgan fingerprint density at radius 1 is 1.07 bits per heavy atom. The lowest BCUT2D eigenvalue weighted by Gasteiger charge is -2.43. The summed E-state index contributed by atoms with van der Waals surface area (Å²) in [4.78, 5) is 28.6. The summed E-state index contributed by atoms with van der Waals surface area (Å²) in [6, 6.07) is 15.5. The second-order valence-corrected chi connectivity index (χ2v) is 8.68. The molecule has 0 unspecified atom stereocenters. The van der Waals surface area contributed by atoms with E-state index in [9.17, 15) is 9.59 Å².